The number of benzene rings is 2. The number of methoxy groups -OCH3 is 1. The summed E-state index contributed by atoms with van der Waals surface area (Å²) >= 11 is 0. The maximum atomic E-state index is 12.3. The molecule has 1 aromatic heterocycles. The standard InChI is InChI=1S/C20H20N2O3/c1-3-14-7-4-5-10-18(14)21-20(23)13-16-12-19(25-22-16)15-8-6-9-17(11-15)24-2/h4-12H,3,13H2,1-2H3,(H,21,23). The normalized spacial score (nSPS) is 10.5. The predicted molar refractivity (Wildman–Crippen MR) is 96.6 cm³/mol. The number of para-hydroxylation sites is 1. The van der Waals surface area contributed by atoms with Crippen LogP contribution in [-0.4, -0.2) is 18.2 Å². The highest BCUT2D eigenvalue weighted by atomic mass is 16.5. The monoisotopic (exact) mass is 336 g/mol. The minimum Gasteiger partial charge on any atom is -0.497 e. The lowest BCUT2D eigenvalue weighted by atomic mass is 10.1. The maximum Gasteiger partial charge on any atom is 0.230 e. The number of carbonyl (C=O) groups is 1. The molecule has 128 valence electrons. The van der Waals surface area contributed by atoms with Crippen molar-refractivity contribution in [1.29, 1.82) is 0 Å². The first kappa shape index (κ1) is 16.8. The quantitative estimate of drug-likeness (QED) is 0.736. The first-order valence-corrected chi connectivity index (χ1v) is 8.17. The Balaban J connectivity index is 1.69. The molecule has 0 saturated heterocycles. The molecule has 1 amide bonds. The highest BCUT2D eigenvalue weighted by Gasteiger charge is 2.12. The van der Waals surface area contributed by atoms with Gasteiger partial charge < -0.3 is 14.6 Å². The zero-order valence-electron chi connectivity index (χ0n) is 14.3. The molecule has 3 rings (SSSR count). The third kappa shape index (κ3) is 4.07. The molecule has 5 heteroatoms. The third-order valence-corrected chi connectivity index (χ3v) is 3.93. The van der Waals surface area contributed by atoms with E-state index in [4.69, 9.17) is 9.26 Å². The summed E-state index contributed by atoms with van der Waals surface area (Å²) in [5.41, 5.74) is 3.39. The Labute approximate surface area is 146 Å². The largest absolute Gasteiger partial charge is 0.497 e. The molecular formula is C20H20N2O3. The molecule has 0 aliphatic rings. The van der Waals surface area contributed by atoms with Gasteiger partial charge in [0.25, 0.3) is 0 Å². The number of anilines is 1. The Morgan fingerprint density at radius 2 is 2.00 bits per heavy atom. The van der Waals surface area contributed by atoms with E-state index in [1.807, 2.05) is 48.5 Å². The maximum absolute atomic E-state index is 12.3. The van der Waals surface area contributed by atoms with E-state index in [1.54, 1.807) is 13.2 Å². The summed E-state index contributed by atoms with van der Waals surface area (Å²) in [5, 5.41) is 6.93. The molecule has 0 saturated carbocycles. The fourth-order valence-electron chi connectivity index (χ4n) is 2.62. The topological polar surface area (TPSA) is 64.4 Å². The van der Waals surface area contributed by atoms with Gasteiger partial charge in [-0.05, 0) is 30.2 Å². The number of hydrogen-bond donors (Lipinski definition) is 1. The van der Waals surface area contributed by atoms with E-state index in [0.29, 0.717) is 11.5 Å². The molecule has 25 heavy (non-hydrogen) atoms. The predicted octanol–water partition coefficient (Wildman–Crippen LogP) is 4.09. The van der Waals surface area contributed by atoms with E-state index in [0.717, 1.165) is 29.0 Å². The molecule has 1 N–H and O–H groups in total. The van der Waals surface area contributed by atoms with Crippen LogP contribution in [0.25, 0.3) is 11.3 Å². The fraction of sp³-hybridized carbons (Fsp3) is 0.200. The molecule has 0 radical (unpaired) electrons. The number of rotatable bonds is 6. The van der Waals surface area contributed by atoms with E-state index in [9.17, 15) is 4.79 Å². The summed E-state index contributed by atoms with van der Waals surface area (Å²) in [6, 6.07) is 17.1. The second kappa shape index (κ2) is 7.66. The van der Waals surface area contributed by atoms with E-state index in [1.165, 1.54) is 0 Å². The lowest BCUT2D eigenvalue weighted by Crippen LogP contribution is -2.15. The van der Waals surface area contributed by atoms with Gasteiger partial charge in [0, 0.05) is 17.3 Å². The molecular weight excluding hydrogens is 316 g/mol. The Morgan fingerprint density at radius 3 is 2.80 bits per heavy atom. The zero-order chi connectivity index (χ0) is 17.6. The SMILES string of the molecule is CCc1ccccc1NC(=O)Cc1cc(-c2cccc(OC)c2)on1. The zero-order valence-corrected chi connectivity index (χ0v) is 14.3. The molecule has 0 spiro atoms. The Morgan fingerprint density at radius 1 is 1.16 bits per heavy atom. The second-order valence-corrected chi connectivity index (χ2v) is 5.65. The summed E-state index contributed by atoms with van der Waals surface area (Å²) < 4.78 is 10.6. The molecule has 0 atom stereocenters. The molecule has 2 aromatic carbocycles. The Hall–Kier alpha value is -3.08. The molecule has 1 heterocycles. The first-order chi connectivity index (χ1) is 12.2. The van der Waals surface area contributed by atoms with Crippen molar-refractivity contribution >= 4 is 11.6 Å². The van der Waals surface area contributed by atoms with Gasteiger partial charge in [0.1, 0.15) is 5.75 Å². The van der Waals surface area contributed by atoms with Crippen LogP contribution in [0.15, 0.2) is 59.1 Å². The van der Waals surface area contributed by atoms with E-state index < -0.39 is 0 Å². The van der Waals surface area contributed by atoms with Crippen molar-refractivity contribution in [1.82, 2.24) is 5.16 Å². The van der Waals surface area contributed by atoms with Gasteiger partial charge >= 0.3 is 0 Å². The Bertz CT molecular complexity index is 871. The van der Waals surface area contributed by atoms with Crippen molar-refractivity contribution in [3.05, 3.63) is 65.9 Å². The number of aromatic nitrogens is 1. The molecule has 0 fully saturated rings. The smallest absolute Gasteiger partial charge is 0.230 e. The van der Waals surface area contributed by atoms with Gasteiger partial charge in [0.2, 0.25) is 5.91 Å². The summed E-state index contributed by atoms with van der Waals surface area (Å²) in [5.74, 6) is 1.23. The Kier molecular flexibility index (Phi) is 5.14. The van der Waals surface area contributed by atoms with Crippen LogP contribution >= 0.6 is 0 Å². The van der Waals surface area contributed by atoms with E-state index in [-0.39, 0.29) is 12.3 Å². The number of nitrogens with zero attached hydrogens (tertiary/aromatic N) is 1. The van der Waals surface area contributed by atoms with Crippen LogP contribution in [0.4, 0.5) is 5.69 Å². The number of hydrogen-bond acceptors (Lipinski definition) is 4. The minimum atomic E-state index is -0.119. The lowest BCUT2D eigenvalue weighted by Gasteiger charge is -2.08. The second-order valence-electron chi connectivity index (χ2n) is 5.65. The molecule has 0 bridgehead atoms. The molecule has 0 aliphatic carbocycles. The van der Waals surface area contributed by atoms with Crippen molar-refractivity contribution in [3.63, 3.8) is 0 Å². The number of ether oxygens (including phenoxy) is 1. The fourth-order valence-corrected chi connectivity index (χ4v) is 2.62. The van der Waals surface area contributed by atoms with Gasteiger partial charge in [0.05, 0.1) is 19.2 Å². The van der Waals surface area contributed by atoms with Gasteiger partial charge in [0.15, 0.2) is 5.76 Å². The molecule has 5 nitrogen and oxygen atoms in total. The molecule has 0 unspecified atom stereocenters. The van der Waals surface area contributed by atoms with Gasteiger partial charge in [-0.2, -0.15) is 0 Å². The van der Waals surface area contributed by atoms with Gasteiger partial charge in [-0.25, -0.2) is 0 Å². The van der Waals surface area contributed by atoms with Crippen LogP contribution in [0, 0.1) is 0 Å². The van der Waals surface area contributed by atoms with Crippen molar-refractivity contribution in [2.24, 2.45) is 0 Å². The molecule has 3 aromatic rings. The van der Waals surface area contributed by atoms with Gasteiger partial charge in [-0.1, -0.05) is 42.4 Å². The van der Waals surface area contributed by atoms with E-state index >= 15 is 0 Å². The van der Waals surface area contributed by atoms with Crippen molar-refractivity contribution in [2.75, 3.05) is 12.4 Å². The number of amides is 1. The average molecular weight is 336 g/mol. The number of nitrogens with one attached hydrogen (secondary N) is 1. The summed E-state index contributed by atoms with van der Waals surface area (Å²) in [6.07, 6.45) is 1.02. The summed E-state index contributed by atoms with van der Waals surface area (Å²) in [7, 11) is 1.61. The first-order valence-electron chi connectivity index (χ1n) is 8.17. The third-order valence-electron chi connectivity index (χ3n) is 3.93. The lowest BCUT2D eigenvalue weighted by molar-refractivity contribution is -0.115. The minimum absolute atomic E-state index is 0.119. The van der Waals surface area contributed by atoms with Crippen LogP contribution in [0.5, 0.6) is 5.75 Å². The highest BCUT2D eigenvalue weighted by Crippen LogP contribution is 2.24. The van der Waals surface area contributed by atoms with Crippen molar-refractivity contribution in [2.45, 2.75) is 19.8 Å². The number of carbonyl (C=O) groups excluding carboxylic acids is 1. The van der Waals surface area contributed by atoms with Crippen LogP contribution in [-0.2, 0) is 17.6 Å². The summed E-state index contributed by atoms with van der Waals surface area (Å²) in [6.45, 7) is 2.06. The van der Waals surface area contributed by atoms with Crippen molar-refractivity contribution in [3.8, 4) is 17.1 Å². The highest BCUT2D eigenvalue weighted by molar-refractivity contribution is 5.92. The van der Waals surface area contributed by atoms with Crippen LogP contribution < -0.4 is 10.1 Å². The van der Waals surface area contributed by atoms with Crippen LogP contribution in [0.2, 0.25) is 0 Å². The summed E-state index contributed by atoms with van der Waals surface area (Å²) in [4.78, 5) is 12.3. The van der Waals surface area contributed by atoms with E-state index in [2.05, 4.69) is 17.4 Å². The van der Waals surface area contributed by atoms with Crippen molar-refractivity contribution < 1.29 is 14.1 Å². The van der Waals surface area contributed by atoms with Gasteiger partial charge in [-0.3, -0.25) is 4.79 Å². The average Bonchev–Trinajstić information content (AvgIpc) is 3.10. The van der Waals surface area contributed by atoms with Crippen LogP contribution in [0.1, 0.15) is 18.2 Å². The van der Waals surface area contributed by atoms with Crippen LogP contribution in [0.3, 0.4) is 0 Å². The number of aryl methyl sites for hydroxylation is 1. The molecule has 0 aliphatic heterocycles. The van der Waals surface area contributed by atoms with Gasteiger partial charge in [-0.15, -0.1) is 0 Å².